The maximum Gasteiger partial charge on any atom is 0.221 e. The van der Waals surface area contributed by atoms with Crippen molar-refractivity contribution >= 4 is 18.0 Å². The second-order valence-corrected chi connectivity index (χ2v) is 5.40. The van der Waals surface area contributed by atoms with E-state index in [1.54, 1.807) is 9.36 Å². The summed E-state index contributed by atoms with van der Waals surface area (Å²) in [7, 11) is 0. The van der Waals surface area contributed by atoms with Gasteiger partial charge in [0.25, 0.3) is 0 Å². The van der Waals surface area contributed by atoms with E-state index in [1.165, 1.54) is 0 Å². The predicted octanol–water partition coefficient (Wildman–Crippen LogP) is 1.05. The molecule has 0 aliphatic carbocycles. The van der Waals surface area contributed by atoms with Crippen LogP contribution >= 0.6 is 12.2 Å². The lowest BCUT2D eigenvalue weighted by Gasteiger charge is -2.25. The maximum atomic E-state index is 11.9. The topological polar surface area (TPSA) is 71.2 Å². The lowest BCUT2D eigenvalue weighted by atomic mass is 10.0. The molecule has 0 amide bonds. The van der Waals surface area contributed by atoms with Gasteiger partial charge in [0.1, 0.15) is 6.10 Å². The second-order valence-electron chi connectivity index (χ2n) is 5.03. The molecule has 2 aliphatic heterocycles. The molecular formula is C13H12N4O3S. The molecule has 108 valence electrons. The van der Waals surface area contributed by atoms with Crippen molar-refractivity contribution in [3.05, 3.63) is 35.1 Å². The van der Waals surface area contributed by atoms with E-state index in [9.17, 15) is 4.79 Å². The zero-order valence-electron chi connectivity index (χ0n) is 11.0. The Balaban J connectivity index is 1.72. The minimum atomic E-state index is -0.718. The Labute approximate surface area is 125 Å². The number of aromatic nitrogens is 4. The minimum Gasteiger partial charge on any atom is -0.343 e. The molecule has 2 aliphatic rings. The van der Waals surface area contributed by atoms with Gasteiger partial charge in [-0.25, -0.2) is 4.68 Å². The molecule has 8 heteroatoms. The highest BCUT2D eigenvalue weighted by molar-refractivity contribution is 7.71. The van der Waals surface area contributed by atoms with Crippen LogP contribution in [0.5, 0.6) is 0 Å². The van der Waals surface area contributed by atoms with Gasteiger partial charge in [0.15, 0.2) is 5.78 Å². The molecule has 4 rings (SSSR count). The molecule has 0 spiro atoms. The van der Waals surface area contributed by atoms with Crippen molar-refractivity contribution in [2.45, 2.75) is 24.9 Å². The van der Waals surface area contributed by atoms with Gasteiger partial charge in [0.2, 0.25) is 11.1 Å². The number of carbonyl (C=O) groups is 1. The minimum absolute atomic E-state index is 0.0788. The Kier molecular flexibility index (Phi) is 2.95. The van der Waals surface area contributed by atoms with Crippen molar-refractivity contribution in [3.63, 3.8) is 0 Å². The van der Waals surface area contributed by atoms with Crippen molar-refractivity contribution in [3.8, 4) is 5.69 Å². The number of Topliss-reactive ketones (excluding diaryl/α,β-unsaturated/α-hetero) is 1. The van der Waals surface area contributed by atoms with Crippen LogP contribution in [-0.4, -0.2) is 44.6 Å². The zero-order valence-corrected chi connectivity index (χ0v) is 11.8. The van der Waals surface area contributed by atoms with Crippen LogP contribution in [-0.2, 0) is 14.3 Å². The first kappa shape index (κ1) is 12.8. The highest BCUT2D eigenvalue weighted by Gasteiger charge is 2.45. The Hall–Kier alpha value is -1.90. The summed E-state index contributed by atoms with van der Waals surface area (Å²) in [5.74, 6) is -0.0788. The average molecular weight is 304 g/mol. The summed E-state index contributed by atoms with van der Waals surface area (Å²) < 4.78 is 14.4. The molecule has 0 N–H and O–H groups in total. The number of carbonyl (C=O) groups excluding carboxylic acids is 1. The quantitative estimate of drug-likeness (QED) is 0.772. The fourth-order valence-corrected chi connectivity index (χ4v) is 2.98. The molecule has 2 fully saturated rings. The fraction of sp³-hybridized carbons (Fsp3) is 0.385. The number of ether oxygens (including phenoxy) is 2. The van der Waals surface area contributed by atoms with Gasteiger partial charge in [0, 0.05) is 6.42 Å². The molecule has 3 atom stereocenters. The van der Waals surface area contributed by atoms with Crippen molar-refractivity contribution in [2.24, 2.45) is 0 Å². The van der Waals surface area contributed by atoms with E-state index < -0.39 is 6.29 Å². The molecule has 0 saturated carbocycles. The van der Waals surface area contributed by atoms with Gasteiger partial charge in [0.05, 0.1) is 18.3 Å². The highest BCUT2D eigenvalue weighted by atomic mass is 32.1. The van der Waals surface area contributed by atoms with Crippen LogP contribution in [0.3, 0.4) is 0 Å². The van der Waals surface area contributed by atoms with E-state index in [-0.39, 0.29) is 17.9 Å². The van der Waals surface area contributed by atoms with Crippen LogP contribution in [0, 0.1) is 4.77 Å². The first-order valence-corrected chi connectivity index (χ1v) is 7.04. The Morgan fingerprint density at radius 1 is 1.24 bits per heavy atom. The van der Waals surface area contributed by atoms with Crippen molar-refractivity contribution in [2.75, 3.05) is 6.61 Å². The molecule has 3 heterocycles. The Morgan fingerprint density at radius 3 is 2.86 bits per heavy atom. The molecule has 1 aromatic heterocycles. The normalized spacial score (nSPS) is 28.0. The first-order chi connectivity index (χ1) is 10.2. The van der Waals surface area contributed by atoms with Crippen LogP contribution < -0.4 is 0 Å². The van der Waals surface area contributed by atoms with Crippen molar-refractivity contribution in [1.82, 2.24) is 19.8 Å². The van der Waals surface area contributed by atoms with Gasteiger partial charge in [-0.3, -0.25) is 4.79 Å². The Bertz CT molecular complexity index is 741. The van der Waals surface area contributed by atoms with Crippen molar-refractivity contribution < 1.29 is 14.3 Å². The molecular weight excluding hydrogens is 292 g/mol. The number of hydrogen-bond donors (Lipinski definition) is 0. The molecule has 2 bridgehead atoms. The number of benzene rings is 1. The summed E-state index contributed by atoms with van der Waals surface area (Å²) in [5.41, 5.74) is 0.831. The number of fused-ring (bicyclic) bond motifs is 2. The van der Waals surface area contributed by atoms with Crippen LogP contribution in [0.1, 0.15) is 12.5 Å². The number of ketones is 1. The zero-order chi connectivity index (χ0) is 14.4. The number of rotatable bonds is 2. The summed E-state index contributed by atoms with van der Waals surface area (Å²) in [6.07, 6.45) is -0.623. The lowest BCUT2D eigenvalue weighted by molar-refractivity contribution is -0.156. The van der Waals surface area contributed by atoms with E-state index >= 15 is 0 Å². The van der Waals surface area contributed by atoms with Gasteiger partial charge >= 0.3 is 0 Å². The standard InChI is InChI=1S/C13H12N4O3S/c18-10-6-9(11-7-19-12(10)20-11)17-13(21)16(14-15-17)8-4-2-1-3-5-8/h1-5,9,11-12H,6-7H2/t9-,11-,12+/m1/s1. The third-order valence-electron chi connectivity index (χ3n) is 3.73. The molecule has 2 aromatic rings. The maximum absolute atomic E-state index is 11.9. The highest BCUT2D eigenvalue weighted by Crippen LogP contribution is 2.32. The number of tetrazole rings is 1. The van der Waals surface area contributed by atoms with E-state index in [0.29, 0.717) is 17.8 Å². The first-order valence-electron chi connectivity index (χ1n) is 6.64. The van der Waals surface area contributed by atoms with Gasteiger partial charge in [-0.1, -0.05) is 18.2 Å². The summed E-state index contributed by atoms with van der Waals surface area (Å²) in [6, 6.07) is 9.25. The van der Waals surface area contributed by atoms with E-state index in [4.69, 9.17) is 21.7 Å². The SMILES string of the molecule is O=C1C[C@@H](n2nnn(-c3ccccc3)c2=S)[C@H]2CO[C@H]1O2. The van der Waals surface area contributed by atoms with E-state index in [2.05, 4.69) is 10.4 Å². The lowest BCUT2D eigenvalue weighted by Crippen LogP contribution is -2.37. The monoisotopic (exact) mass is 304 g/mol. The van der Waals surface area contributed by atoms with Crippen LogP contribution in [0.25, 0.3) is 5.69 Å². The van der Waals surface area contributed by atoms with Crippen molar-refractivity contribution in [1.29, 1.82) is 0 Å². The van der Waals surface area contributed by atoms with Crippen LogP contribution in [0.15, 0.2) is 30.3 Å². The molecule has 0 radical (unpaired) electrons. The Morgan fingerprint density at radius 2 is 2.05 bits per heavy atom. The second kappa shape index (κ2) is 4.83. The smallest absolute Gasteiger partial charge is 0.221 e. The van der Waals surface area contributed by atoms with Crippen LogP contribution in [0.4, 0.5) is 0 Å². The third-order valence-corrected chi connectivity index (χ3v) is 4.09. The van der Waals surface area contributed by atoms with Gasteiger partial charge < -0.3 is 9.47 Å². The summed E-state index contributed by atoms with van der Waals surface area (Å²) in [4.78, 5) is 11.9. The number of hydrogen-bond acceptors (Lipinski definition) is 6. The van der Waals surface area contributed by atoms with Gasteiger partial charge in [-0.2, -0.15) is 4.68 Å². The van der Waals surface area contributed by atoms with E-state index in [0.717, 1.165) is 5.69 Å². The largest absolute Gasteiger partial charge is 0.343 e. The summed E-state index contributed by atoms with van der Waals surface area (Å²) in [5, 5.41) is 8.19. The molecule has 7 nitrogen and oxygen atoms in total. The third kappa shape index (κ3) is 2.03. The van der Waals surface area contributed by atoms with Crippen LogP contribution in [0.2, 0.25) is 0 Å². The molecule has 2 saturated heterocycles. The molecule has 0 unspecified atom stereocenters. The number of nitrogens with zero attached hydrogens (tertiary/aromatic N) is 4. The number of para-hydroxylation sites is 1. The fourth-order valence-electron chi connectivity index (χ4n) is 2.66. The average Bonchev–Trinajstić information content (AvgIpc) is 3.10. The summed E-state index contributed by atoms with van der Waals surface area (Å²) in [6.45, 7) is 0.376. The predicted molar refractivity (Wildman–Crippen MR) is 73.5 cm³/mol. The summed E-state index contributed by atoms with van der Waals surface area (Å²) >= 11 is 5.43. The molecule has 21 heavy (non-hydrogen) atoms. The van der Waals surface area contributed by atoms with Gasteiger partial charge in [-0.05, 0) is 34.8 Å². The molecule has 1 aromatic carbocycles. The van der Waals surface area contributed by atoms with E-state index in [1.807, 2.05) is 30.3 Å². The van der Waals surface area contributed by atoms with Gasteiger partial charge in [-0.15, -0.1) is 0 Å².